The smallest absolute Gasteiger partial charge is 0.341 e. The molecular weight excluding hydrogens is 358 g/mol. The molecule has 0 fully saturated rings. The molecule has 6 nitrogen and oxygen atoms in total. The Morgan fingerprint density at radius 1 is 1.11 bits per heavy atom. The number of hydrogen-bond acceptors (Lipinski definition) is 5. The van der Waals surface area contributed by atoms with Crippen LogP contribution in [0.3, 0.4) is 0 Å². The van der Waals surface area contributed by atoms with E-state index in [2.05, 4.69) is 10.1 Å². The van der Waals surface area contributed by atoms with Crippen LogP contribution in [0.25, 0.3) is 10.8 Å². The fourth-order valence-electron chi connectivity index (χ4n) is 2.95. The molecule has 0 aliphatic rings. The maximum absolute atomic E-state index is 12.0. The van der Waals surface area contributed by atoms with Crippen LogP contribution in [0.4, 0.5) is 0 Å². The molecule has 28 heavy (non-hydrogen) atoms. The third-order valence-corrected chi connectivity index (χ3v) is 4.39. The number of ether oxygens (including phenoxy) is 2. The highest BCUT2D eigenvalue weighted by molar-refractivity contribution is 5.90. The number of aryl methyl sites for hydroxylation is 1. The summed E-state index contributed by atoms with van der Waals surface area (Å²) in [4.78, 5) is 23.6. The van der Waals surface area contributed by atoms with Gasteiger partial charge in [-0.1, -0.05) is 36.4 Å². The molecule has 0 aliphatic heterocycles. The Balaban J connectivity index is 1.43. The quantitative estimate of drug-likeness (QED) is 0.471. The molecule has 1 aromatic heterocycles. The van der Waals surface area contributed by atoms with Crippen LogP contribution in [0, 0.1) is 6.92 Å². The topological polar surface area (TPSA) is 77.8 Å². The molecule has 0 saturated heterocycles. The standard InChI is InChI=1S/C22H23NO5/c1-15-19(22(25)26-2)13-17(28-15)14-23-21(24)11-6-12-27-20-10-5-8-16-7-3-4-9-18(16)20/h3-5,7-10,13H,6,11-12,14H2,1-2H3,(H,23,24). The van der Waals surface area contributed by atoms with E-state index in [-0.39, 0.29) is 12.5 Å². The van der Waals surface area contributed by atoms with Gasteiger partial charge in [0.05, 0.1) is 20.3 Å². The minimum absolute atomic E-state index is 0.102. The number of benzene rings is 2. The molecule has 2 aromatic carbocycles. The van der Waals surface area contributed by atoms with Crippen molar-refractivity contribution in [3.05, 3.63) is 65.6 Å². The van der Waals surface area contributed by atoms with Gasteiger partial charge in [-0.2, -0.15) is 0 Å². The summed E-state index contributed by atoms with van der Waals surface area (Å²) < 4.78 is 16.0. The van der Waals surface area contributed by atoms with E-state index in [1.54, 1.807) is 13.0 Å². The van der Waals surface area contributed by atoms with Gasteiger partial charge in [0.2, 0.25) is 5.91 Å². The fraction of sp³-hybridized carbons (Fsp3) is 0.273. The number of esters is 1. The minimum Gasteiger partial charge on any atom is -0.493 e. The van der Waals surface area contributed by atoms with Crippen molar-refractivity contribution in [3.8, 4) is 5.75 Å². The summed E-state index contributed by atoms with van der Waals surface area (Å²) in [5.41, 5.74) is 0.371. The van der Waals surface area contributed by atoms with E-state index in [9.17, 15) is 9.59 Å². The van der Waals surface area contributed by atoms with Crippen LogP contribution in [0.2, 0.25) is 0 Å². The molecule has 3 aromatic rings. The van der Waals surface area contributed by atoms with Gasteiger partial charge >= 0.3 is 5.97 Å². The van der Waals surface area contributed by atoms with Gasteiger partial charge in [0, 0.05) is 11.8 Å². The molecule has 3 rings (SSSR count). The number of hydrogen-bond donors (Lipinski definition) is 1. The predicted octanol–water partition coefficient (Wildman–Crippen LogP) is 4.00. The van der Waals surface area contributed by atoms with Crippen molar-refractivity contribution in [2.75, 3.05) is 13.7 Å². The maximum Gasteiger partial charge on any atom is 0.341 e. The SMILES string of the molecule is COC(=O)c1cc(CNC(=O)CCCOc2cccc3ccccc23)oc1C. The maximum atomic E-state index is 12.0. The summed E-state index contributed by atoms with van der Waals surface area (Å²) in [5, 5.41) is 4.97. The Kier molecular flexibility index (Phi) is 6.32. The lowest BCUT2D eigenvalue weighted by molar-refractivity contribution is -0.121. The van der Waals surface area contributed by atoms with Crippen LogP contribution < -0.4 is 10.1 Å². The molecular formula is C22H23NO5. The molecule has 0 atom stereocenters. The van der Waals surface area contributed by atoms with Crippen molar-refractivity contribution < 1.29 is 23.5 Å². The number of amides is 1. The van der Waals surface area contributed by atoms with Crippen LogP contribution >= 0.6 is 0 Å². The van der Waals surface area contributed by atoms with Crippen molar-refractivity contribution in [2.45, 2.75) is 26.3 Å². The van der Waals surface area contributed by atoms with E-state index < -0.39 is 5.97 Å². The number of methoxy groups -OCH3 is 1. The summed E-state index contributed by atoms with van der Waals surface area (Å²) in [6.45, 7) is 2.36. The third kappa shape index (κ3) is 4.71. The van der Waals surface area contributed by atoms with E-state index in [4.69, 9.17) is 9.15 Å². The summed E-state index contributed by atoms with van der Waals surface area (Å²) in [6.07, 6.45) is 0.938. The van der Waals surface area contributed by atoms with Gasteiger partial charge in [-0.3, -0.25) is 4.79 Å². The average molecular weight is 381 g/mol. The normalized spacial score (nSPS) is 10.6. The fourth-order valence-corrected chi connectivity index (χ4v) is 2.95. The van der Waals surface area contributed by atoms with E-state index in [0.29, 0.717) is 36.5 Å². The first-order valence-electron chi connectivity index (χ1n) is 9.13. The van der Waals surface area contributed by atoms with Crippen molar-refractivity contribution in [3.63, 3.8) is 0 Å². The molecule has 1 amide bonds. The molecule has 0 radical (unpaired) electrons. The Bertz CT molecular complexity index is 971. The third-order valence-electron chi connectivity index (χ3n) is 4.39. The van der Waals surface area contributed by atoms with Crippen molar-refractivity contribution in [1.29, 1.82) is 0 Å². The highest BCUT2D eigenvalue weighted by Gasteiger charge is 2.15. The van der Waals surface area contributed by atoms with Crippen LogP contribution in [0.1, 0.15) is 34.7 Å². The van der Waals surface area contributed by atoms with Gasteiger partial charge in [0.25, 0.3) is 0 Å². The largest absolute Gasteiger partial charge is 0.493 e. The Hall–Kier alpha value is -3.28. The van der Waals surface area contributed by atoms with Crippen molar-refractivity contribution in [1.82, 2.24) is 5.32 Å². The zero-order valence-corrected chi connectivity index (χ0v) is 16.0. The Morgan fingerprint density at radius 2 is 1.89 bits per heavy atom. The van der Waals surface area contributed by atoms with Gasteiger partial charge in [0.1, 0.15) is 22.8 Å². The lowest BCUT2D eigenvalue weighted by Gasteiger charge is -2.09. The highest BCUT2D eigenvalue weighted by Crippen LogP contribution is 2.25. The van der Waals surface area contributed by atoms with Gasteiger partial charge in [-0.15, -0.1) is 0 Å². The van der Waals surface area contributed by atoms with Gasteiger partial charge in [-0.05, 0) is 30.9 Å². The van der Waals surface area contributed by atoms with E-state index in [1.807, 2.05) is 42.5 Å². The molecule has 146 valence electrons. The number of carbonyl (C=O) groups excluding carboxylic acids is 2. The first-order valence-corrected chi connectivity index (χ1v) is 9.13. The molecule has 0 saturated carbocycles. The molecule has 1 heterocycles. The number of nitrogens with one attached hydrogen (secondary N) is 1. The zero-order valence-electron chi connectivity index (χ0n) is 16.0. The lowest BCUT2D eigenvalue weighted by Crippen LogP contribution is -2.22. The second-order valence-corrected chi connectivity index (χ2v) is 6.38. The van der Waals surface area contributed by atoms with Gasteiger partial charge < -0.3 is 19.2 Å². The summed E-state index contributed by atoms with van der Waals surface area (Å²) in [6, 6.07) is 15.5. The number of furan rings is 1. The molecule has 0 bridgehead atoms. The second kappa shape index (κ2) is 9.08. The van der Waals surface area contributed by atoms with E-state index in [0.717, 1.165) is 16.5 Å². The first kappa shape index (κ1) is 19.5. The number of carbonyl (C=O) groups is 2. The molecule has 1 N–H and O–H groups in total. The summed E-state index contributed by atoms with van der Waals surface area (Å²) in [5.74, 6) is 1.25. The summed E-state index contributed by atoms with van der Waals surface area (Å²) in [7, 11) is 1.32. The van der Waals surface area contributed by atoms with Crippen LogP contribution in [0.15, 0.2) is 52.9 Å². The van der Waals surface area contributed by atoms with E-state index in [1.165, 1.54) is 7.11 Å². The Labute approximate surface area is 163 Å². The summed E-state index contributed by atoms with van der Waals surface area (Å²) >= 11 is 0. The lowest BCUT2D eigenvalue weighted by atomic mass is 10.1. The second-order valence-electron chi connectivity index (χ2n) is 6.38. The van der Waals surface area contributed by atoms with Crippen molar-refractivity contribution in [2.24, 2.45) is 0 Å². The molecule has 0 aliphatic carbocycles. The molecule has 6 heteroatoms. The van der Waals surface area contributed by atoms with E-state index >= 15 is 0 Å². The minimum atomic E-state index is -0.454. The van der Waals surface area contributed by atoms with Gasteiger partial charge in [-0.25, -0.2) is 4.79 Å². The predicted molar refractivity (Wildman–Crippen MR) is 105 cm³/mol. The average Bonchev–Trinajstić information content (AvgIpc) is 3.09. The number of fused-ring (bicyclic) bond motifs is 1. The molecule has 0 unspecified atom stereocenters. The van der Waals surface area contributed by atoms with Crippen LogP contribution in [-0.4, -0.2) is 25.6 Å². The zero-order chi connectivity index (χ0) is 19.9. The van der Waals surface area contributed by atoms with Crippen LogP contribution in [-0.2, 0) is 16.1 Å². The Morgan fingerprint density at radius 3 is 2.71 bits per heavy atom. The monoisotopic (exact) mass is 381 g/mol. The first-order chi connectivity index (χ1) is 13.6. The highest BCUT2D eigenvalue weighted by atomic mass is 16.5. The number of rotatable bonds is 8. The molecule has 0 spiro atoms. The van der Waals surface area contributed by atoms with Crippen LogP contribution in [0.5, 0.6) is 5.75 Å². The van der Waals surface area contributed by atoms with Gasteiger partial charge in [0.15, 0.2) is 0 Å². The van der Waals surface area contributed by atoms with Crippen molar-refractivity contribution >= 4 is 22.6 Å².